The van der Waals surface area contributed by atoms with Crippen molar-refractivity contribution in [2.45, 2.75) is 6.17 Å². The number of hydrogen-bond donors (Lipinski definition) is 2. The number of para-hydroxylation sites is 1. The number of carbonyl (C=O) groups excluding carboxylic acids is 1. The van der Waals surface area contributed by atoms with Crippen LogP contribution in [0.5, 0.6) is 0 Å². The number of hydrogen-bond acceptors (Lipinski definition) is 5. The number of nitrogens with one attached hydrogen (secondary N) is 2. The topological polar surface area (TPSA) is 69.9 Å². The van der Waals surface area contributed by atoms with Crippen LogP contribution >= 0.6 is 0 Å². The minimum atomic E-state index is -0.256. The standard InChI is InChI=1S/C37H30N4O2/c1-38-31-18-16-26(20-34(31)41(2)23-42)25-11-8-12-27(19-25)32-22-33(40-37(39-32)24-9-4-3-5-10-24)28-15-17-30-29-13-6-7-14-35(29)43-36(30)21-28/h3-23,37-38,40H,1-2H3. The second-order valence-corrected chi connectivity index (χ2v) is 10.6. The Morgan fingerprint density at radius 2 is 1.51 bits per heavy atom. The van der Waals surface area contributed by atoms with Crippen LogP contribution in [-0.2, 0) is 4.79 Å². The molecule has 6 aromatic rings. The molecule has 1 atom stereocenters. The minimum absolute atomic E-state index is 0.256. The molecule has 5 aromatic carbocycles. The number of furan rings is 1. The fourth-order valence-corrected chi connectivity index (χ4v) is 5.67. The molecule has 1 amide bonds. The Bertz CT molecular complexity index is 2040. The molecule has 210 valence electrons. The van der Waals surface area contributed by atoms with Crippen LogP contribution in [0.1, 0.15) is 22.9 Å². The number of anilines is 2. The van der Waals surface area contributed by atoms with Gasteiger partial charge in [0.05, 0.1) is 17.1 Å². The van der Waals surface area contributed by atoms with E-state index in [1.165, 1.54) is 0 Å². The van der Waals surface area contributed by atoms with E-state index in [0.717, 1.165) is 78.9 Å². The molecule has 1 unspecified atom stereocenters. The lowest BCUT2D eigenvalue weighted by Crippen LogP contribution is -2.24. The Morgan fingerprint density at radius 1 is 0.767 bits per heavy atom. The zero-order chi connectivity index (χ0) is 29.3. The highest BCUT2D eigenvalue weighted by molar-refractivity contribution is 6.14. The van der Waals surface area contributed by atoms with Crippen molar-refractivity contribution in [2.75, 3.05) is 24.3 Å². The van der Waals surface area contributed by atoms with Gasteiger partial charge in [0.1, 0.15) is 17.3 Å². The first-order chi connectivity index (χ1) is 21.1. The van der Waals surface area contributed by atoms with Crippen LogP contribution < -0.4 is 15.5 Å². The summed E-state index contributed by atoms with van der Waals surface area (Å²) in [5.41, 5.74) is 10.4. The predicted octanol–water partition coefficient (Wildman–Crippen LogP) is 8.02. The van der Waals surface area contributed by atoms with Gasteiger partial charge in [-0.2, -0.15) is 0 Å². The molecule has 1 aliphatic rings. The summed E-state index contributed by atoms with van der Waals surface area (Å²) in [4.78, 5) is 18.3. The van der Waals surface area contributed by atoms with Gasteiger partial charge in [0.15, 0.2) is 0 Å². The van der Waals surface area contributed by atoms with Crippen molar-refractivity contribution in [3.63, 3.8) is 0 Å². The van der Waals surface area contributed by atoms with E-state index in [2.05, 4.69) is 83.4 Å². The molecule has 7 rings (SSSR count). The summed E-state index contributed by atoms with van der Waals surface area (Å²) in [5.74, 6) is 0. The summed E-state index contributed by atoms with van der Waals surface area (Å²) in [6.07, 6.45) is 2.67. The maximum atomic E-state index is 11.6. The molecule has 1 aliphatic heterocycles. The van der Waals surface area contributed by atoms with Crippen molar-refractivity contribution in [1.82, 2.24) is 5.32 Å². The van der Waals surface area contributed by atoms with Gasteiger partial charge in [-0.25, -0.2) is 0 Å². The largest absolute Gasteiger partial charge is 0.456 e. The Hall–Kier alpha value is -5.62. The van der Waals surface area contributed by atoms with Crippen molar-refractivity contribution < 1.29 is 9.21 Å². The maximum absolute atomic E-state index is 11.6. The minimum Gasteiger partial charge on any atom is -0.456 e. The predicted molar refractivity (Wildman–Crippen MR) is 176 cm³/mol. The molecule has 0 spiro atoms. The molecule has 0 aliphatic carbocycles. The zero-order valence-corrected chi connectivity index (χ0v) is 23.9. The summed E-state index contributed by atoms with van der Waals surface area (Å²) in [5, 5.41) is 9.04. The van der Waals surface area contributed by atoms with Gasteiger partial charge in [-0.1, -0.05) is 78.9 Å². The molecule has 6 heteroatoms. The Morgan fingerprint density at radius 3 is 2.35 bits per heavy atom. The quantitative estimate of drug-likeness (QED) is 0.193. The lowest BCUT2D eigenvalue weighted by molar-refractivity contribution is -0.107. The first kappa shape index (κ1) is 26.3. The molecule has 0 bridgehead atoms. The number of amides is 1. The van der Waals surface area contributed by atoms with Crippen molar-refractivity contribution in [3.8, 4) is 11.1 Å². The summed E-state index contributed by atoms with van der Waals surface area (Å²) in [6.45, 7) is 0. The third-order valence-electron chi connectivity index (χ3n) is 7.94. The molecule has 2 N–H and O–H groups in total. The summed E-state index contributed by atoms with van der Waals surface area (Å²) >= 11 is 0. The van der Waals surface area contributed by atoms with E-state index >= 15 is 0 Å². The average molecular weight is 563 g/mol. The van der Waals surface area contributed by atoms with Crippen LogP contribution in [-0.4, -0.2) is 26.2 Å². The third kappa shape index (κ3) is 4.93. The fraction of sp³-hybridized carbons (Fsp3) is 0.0811. The monoisotopic (exact) mass is 562 g/mol. The smallest absolute Gasteiger partial charge is 0.213 e. The van der Waals surface area contributed by atoms with Gasteiger partial charge in [-0.15, -0.1) is 0 Å². The molecule has 0 saturated carbocycles. The average Bonchev–Trinajstić information content (AvgIpc) is 3.46. The molecule has 0 saturated heterocycles. The van der Waals surface area contributed by atoms with Crippen molar-refractivity contribution in [1.29, 1.82) is 0 Å². The molecule has 2 heterocycles. The van der Waals surface area contributed by atoms with Gasteiger partial charge < -0.3 is 20.0 Å². The van der Waals surface area contributed by atoms with Crippen LogP contribution in [0.15, 0.2) is 131 Å². The van der Waals surface area contributed by atoms with E-state index in [9.17, 15) is 4.79 Å². The van der Waals surface area contributed by atoms with E-state index in [-0.39, 0.29) is 6.17 Å². The summed E-state index contributed by atoms with van der Waals surface area (Å²) < 4.78 is 6.21. The lowest BCUT2D eigenvalue weighted by Gasteiger charge is -2.25. The number of rotatable bonds is 7. The van der Waals surface area contributed by atoms with Crippen molar-refractivity contribution in [2.24, 2.45) is 4.99 Å². The Labute approximate surface area is 250 Å². The van der Waals surface area contributed by atoms with Gasteiger partial charge in [-0.05, 0) is 59.2 Å². The van der Waals surface area contributed by atoms with Gasteiger partial charge in [0.25, 0.3) is 0 Å². The highest BCUT2D eigenvalue weighted by Crippen LogP contribution is 2.34. The van der Waals surface area contributed by atoms with Gasteiger partial charge >= 0.3 is 0 Å². The number of nitrogens with zero attached hydrogens (tertiary/aromatic N) is 2. The number of carbonyl (C=O) groups is 1. The molecular weight excluding hydrogens is 532 g/mol. The van der Waals surface area contributed by atoms with Gasteiger partial charge in [-0.3, -0.25) is 9.79 Å². The summed E-state index contributed by atoms with van der Waals surface area (Å²) in [7, 11) is 3.61. The van der Waals surface area contributed by atoms with Gasteiger partial charge in [0, 0.05) is 41.7 Å². The Balaban J connectivity index is 1.31. The van der Waals surface area contributed by atoms with Crippen LogP contribution in [0.25, 0.3) is 38.8 Å². The number of benzene rings is 5. The SMILES string of the molecule is CNc1ccc(-c2cccc(C3=NC(c4ccccc4)NC(c4ccc5c(c4)oc4ccccc45)=C3)c2)cc1N(C)C=O. The summed E-state index contributed by atoms with van der Waals surface area (Å²) in [6, 6.07) is 39.2. The van der Waals surface area contributed by atoms with E-state index in [0.29, 0.717) is 0 Å². The van der Waals surface area contributed by atoms with Crippen molar-refractivity contribution >= 4 is 51.1 Å². The lowest BCUT2D eigenvalue weighted by atomic mass is 9.97. The van der Waals surface area contributed by atoms with Crippen LogP contribution in [0.4, 0.5) is 11.4 Å². The molecule has 0 fully saturated rings. The normalized spacial score (nSPS) is 14.6. The van der Waals surface area contributed by atoms with E-state index in [4.69, 9.17) is 9.41 Å². The second kappa shape index (κ2) is 11.0. The van der Waals surface area contributed by atoms with E-state index in [1.807, 2.05) is 55.6 Å². The first-order valence-corrected chi connectivity index (χ1v) is 14.2. The number of aliphatic imine (C=N–C) groups is 1. The highest BCUT2D eigenvalue weighted by Gasteiger charge is 2.21. The highest BCUT2D eigenvalue weighted by atomic mass is 16.3. The van der Waals surface area contributed by atoms with Crippen LogP contribution in [0.2, 0.25) is 0 Å². The first-order valence-electron chi connectivity index (χ1n) is 14.2. The molecule has 6 nitrogen and oxygen atoms in total. The van der Waals surface area contributed by atoms with Gasteiger partial charge in [0.2, 0.25) is 6.41 Å². The third-order valence-corrected chi connectivity index (χ3v) is 7.94. The van der Waals surface area contributed by atoms with E-state index < -0.39 is 0 Å². The second-order valence-electron chi connectivity index (χ2n) is 10.6. The maximum Gasteiger partial charge on any atom is 0.213 e. The van der Waals surface area contributed by atoms with Crippen LogP contribution in [0.3, 0.4) is 0 Å². The fourth-order valence-electron chi connectivity index (χ4n) is 5.67. The Kier molecular flexibility index (Phi) is 6.72. The van der Waals surface area contributed by atoms with Crippen molar-refractivity contribution in [3.05, 3.63) is 138 Å². The number of allylic oxidation sites excluding steroid dienone is 1. The zero-order valence-electron chi connectivity index (χ0n) is 23.9. The molecular formula is C37H30N4O2. The molecule has 43 heavy (non-hydrogen) atoms. The molecule has 0 radical (unpaired) electrons. The number of fused-ring (bicyclic) bond motifs is 3. The van der Waals surface area contributed by atoms with Crippen LogP contribution in [0, 0.1) is 0 Å². The molecule has 1 aromatic heterocycles. The van der Waals surface area contributed by atoms with E-state index in [1.54, 1.807) is 11.9 Å².